The minimum absolute atomic E-state index is 0.291. The van der Waals surface area contributed by atoms with E-state index >= 15 is 8.78 Å². The van der Waals surface area contributed by atoms with E-state index in [9.17, 15) is 1.37 Å². The van der Waals surface area contributed by atoms with Gasteiger partial charge in [-0.05, 0) is 85.6 Å². The molecule has 4 heteroatoms. The molecule has 0 amide bonds. The van der Waals surface area contributed by atoms with Crippen LogP contribution < -0.4 is 4.57 Å². The van der Waals surface area contributed by atoms with E-state index in [0.717, 1.165) is 22.1 Å². The number of hydrogen-bond acceptors (Lipinski definition) is 1. The summed E-state index contributed by atoms with van der Waals surface area (Å²) in [6, 6.07) is 25.3. The number of halogens is 2. The second-order valence-corrected chi connectivity index (χ2v) is 11.2. The molecule has 6 aromatic rings. The van der Waals surface area contributed by atoms with E-state index in [-0.39, 0.29) is 5.56 Å². The molecular weight excluding hydrogens is 524 g/mol. The Bertz CT molecular complexity index is 2150. The largest absolute Gasteiger partial charge is 0.454 e. The molecule has 0 radical (unpaired) electrons. The van der Waals surface area contributed by atoms with Gasteiger partial charge in [-0.2, -0.15) is 0 Å². The van der Waals surface area contributed by atoms with E-state index < -0.39 is 30.3 Å². The fourth-order valence-electron chi connectivity index (χ4n) is 6.42. The molecule has 1 aliphatic carbocycles. The highest BCUT2D eigenvalue weighted by Crippen LogP contribution is 2.43. The third kappa shape index (κ3) is 4.50. The maximum Gasteiger partial charge on any atom is 0.219 e. The maximum absolute atomic E-state index is 15.7. The van der Waals surface area contributed by atoms with Gasteiger partial charge in [-0.1, -0.05) is 66.7 Å². The van der Waals surface area contributed by atoms with Crippen LogP contribution in [-0.4, -0.2) is 0 Å². The number of rotatable bonds is 4. The minimum Gasteiger partial charge on any atom is -0.454 e. The van der Waals surface area contributed by atoms with Gasteiger partial charge in [0, 0.05) is 29.3 Å². The molecule has 0 spiro atoms. The van der Waals surface area contributed by atoms with Gasteiger partial charge in [0.15, 0.2) is 6.20 Å². The Morgan fingerprint density at radius 2 is 1.36 bits per heavy atom. The van der Waals surface area contributed by atoms with Gasteiger partial charge in [0.1, 0.15) is 29.8 Å². The van der Waals surface area contributed by atoms with Gasteiger partial charge in [-0.3, -0.25) is 0 Å². The van der Waals surface area contributed by atoms with Gasteiger partial charge in [0.2, 0.25) is 5.69 Å². The maximum atomic E-state index is 15.7. The van der Waals surface area contributed by atoms with Crippen LogP contribution in [0.25, 0.3) is 44.3 Å². The van der Waals surface area contributed by atoms with Crippen molar-refractivity contribution in [2.45, 2.75) is 51.2 Å². The van der Waals surface area contributed by atoms with Crippen LogP contribution >= 0.6 is 0 Å². The number of benzene rings is 4. The van der Waals surface area contributed by atoms with Crippen LogP contribution in [0.1, 0.15) is 66.6 Å². The van der Waals surface area contributed by atoms with E-state index in [4.69, 9.17) is 9.90 Å². The van der Waals surface area contributed by atoms with Crippen LogP contribution in [0.2, 0.25) is 0 Å². The highest BCUT2D eigenvalue weighted by atomic mass is 19.1. The van der Waals surface area contributed by atoms with Crippen molar-refractivity contribution < 1.29 is 24.6 Å². The van der Waals surface area contributed by atoms with Crippen LogP contribution in [0, 0.1) is 25.4 Å². The fourth-order valence-corrected chi connectivity index (χ4v) is 6.42. The molecule has 42 heavy (non-hydrogen) atoms. The molecule has 1 aliphatic rings. The van der Waals surface area contributed by atoms with Gasteiger partial charge in [0.05, 0.1) is 11.1 Å². The first-order valence-corrected chi connectivity index (χ1v) is 14.3. The van der Waals surface area contributed by atoms with Crippen molar-refractivity contribution in [1.82, 2.24) is 0 Å². The smallest absolute Gasteiger partial charge is 0.219 e. The molecule has 0 unspecified atom stereocenters. The van der Waals surface area contributed by atoms with Gasteiger partial charge in [0.25, 0.3) is 0 Å². The Morgan fingerprint density at radius 1 is 0.738 bits per heavy atom. The highest BCUT2D eigenvalue weighted by molar-refractivity contribution is 6.13. The molecule has 4 aromatic carbocycles. The van der Waals surface area contributed by atoms with Crippen molar-refractivity contribution >= 4 is 21.9 Å². The van der Waals surface area contributed by atoms with Crippen LogP contribution in [-0.2, 0) is 7.05 Å². The summed E-state index contributed by atoms with van der Waals surface area (Å²) >= 11 is 0. The van der Waals surface area contributed by atoms with E-state index in [1.54, 1.807) is 17.7 Å². The van der Waals surface area contributed by atoms with Crippen molar-refractivity contribution in [3.8, 4) is 22.4 Å². The first-order valence-electron chi connectivity index (χ1n) is 16.8. The summed E-state index contributed by atoms with van der Waals surface area (Å²) in [4.78, 5) is 0. The van der Waals surface area contributed by atoms with E-state index in [1.165, 1.54) is 18.3 Å². The second kappa shape index (κ2) is 10.5. The minimum atomic E-state index is -2.60. The van der Waals surface area contributed by atoms with E-state index in [1.807, 2.05) is 73.7 Å². The Morgan fingerprint density at radius 3 is 2.02 bits per heavy atom. The third-order valence-corrected chi connectivity index (χ3v) is 8.67. The summed E-state index contributed by atoms with van der Waals surface area (Å²) in [5.41, 5.74) is 4.95. The van der Waals surface area contributed by atoms with Gasteiger partial charge >= 0.3 is 0 Å². The SMILES string of the molecule is [2H]C([2H])([2H])c1c[n+](C)c(-c2c(C)ccc3c2oc2c(-c4ccc(C5([2H])CCC([2H])(c6ccccc6)CC5)cc4)c(F)ccc23)cc1F. The zero-order chi connectivity index (χ0) is 33.3. The molecule has 0 bridgehead atoms. The normalized spacial score (nSPS) is 22.8. The van der Waals surface area contributed by atoms with Crippen LogP contribution in [0.5, 0.6) is 0 Å². The summed E-state index contributed by atoms with van der Waals surface area (Å²) in [6.07, 6.45) is 3.54. The monoisotopic (exact) mass is 563 g/mol. The predicted molar refractivity (Wildman–Crippen MR) is 166 cm³/mol. The molecule has 0 saturated heterocycles. The average Bonchev–Trinajstić information content (AvgIpc) is 3.42. The topological polar surface area (TPSA) is 17.0 Å². The number of hydrogen-bond donors (Lipinski definition) is 0. The number of furan rings is 1. The summed E-state index contributed by atoms with van der Waals surface area (Å²) in [7, 11) is 1.66. The lowest BCUT2D eigenvalue weighted by molar-refractivity contribution is -0.661. The Labute approximate surface area is 252 Å². The number of fused-ring (bicyclic) bond motifs is 3. The molecular formula is C38H34F2NO+. The predicted octanol–water partition coefficient (Wildman–Crippen LogP) is 10.1. The Kier molecular flexibility index (Phi) is 5.35. The molecule has 2 aromatic heterocycles. The summed E-state index contributed by atoms with van der Waals surface area (Å²) < 4.78 is 80.3. The molecule has 2 nitrogen and oxygen atoms in total. The first kappa shape index (κ1) is 21.4. The number of aromatic nitrogens is 1. The van der Waals surface area contributed by atoms with Crippen molar-refractivity contribution in [1.29, 1.82) is 0 Å². The van der Waals surface area contributed by atoms with E-state index in [2.05, 4.69) is 0 Å². The van der Waals surface area contributed by atoms with Gasteiger partial charge < -0.3 is 4.42 Å². The van der Waals surface area contributed by atoms with Crippen molar-refractivity contribution in [3.63, 3.8) is 0 Å². The van der Waals surface area contributed by atoms with Crippen LogP contribution in [0.3, 0.4) is 0 Å². The van der Waals surface area contributed by atoms with Gasteiger partial charge in [-0.25, -0.2) is 13.3 Å². The second-order valence-electron chi connectivity index (χ2n) is 11.2. The Balaban J connectivity index is 1.28. The lowest BCUT2D eigenvalue weighted by Crippen LogP contribution is -2.31. The van der Waals surface area contributed by atoms with Crippen molar-refractivity contribution in [2.24, 2.45) is 7.05 Å². The average molecular weight is 564 g/mol. The molecule has 7 rings (SSSR count). The van der Waals surface area contributed by atoms with Gasteiger partial charge in [-0.15, -0.1) is 0 Å². The molecule has 1 saturated carbocycles. The number of nitrogens with zero attached hydrogens (tertiary/aromatic N) is 1. The molecule has 1 fully saturated rings. The summed E-state index contributed by atoms with van der Waals surface area (Å²) in [6.45, 7) is -0.738. The third-order valence-electron chi connectivity index (χ3n) is 8.67. The van der Waals surface area contributed by atoms with Crippen molar-refractivity contribution in [3.05, 3.63) is 125 Å². The summed E-state index contributed by atoms with van der Waals surface area (Å²) in [5, 5.41) is 1.42. The lowest BCUT2D eigenvalue weighted by atomic mass is 9.76. The Hall–Kier alpha value is -4.31. The zero-order valence-corrected chi connectivity index (χ0v) is 23.6. The zero-order valence-electron chi connectivity index (χ0n) is 28.6. The standard InChI is InChI=1S/C38H34F2NO/c1-23-9-18-30-31-19-20-32(39)36(38(31)42-37(30)35(23)34-21-33(40)24(2)22-41(34)3)29-16-14-28(15-17-29)27-12-10-26(11-13-27)25-7-5-4-6-8-25/h4-9,14-22,26-27H,10-13H2,1-3H3/q+1/i2D3,26D,27D. The fraction of sp³-hybridized carbons (Fsp3) is 0.237. The molecule has 2 heterocycles. The molecule has 0 aliphatic heterocycles. The molecule has 0 atom stereocenters. The highest BCUT2D eigenvalue weighted by Gasteiger charge is 2.26. The van der Waals surface area contributed by atoms with Crippen molar-refractivity contribution in [2.75, 3.05) is 0 Å². The number of aryl methyl sites for hydroxylation is 3. The molecule has 0 N–H and O–H groups in total. The summed E-state index contributed by atoms with van der Waals surface area (Å²) in [5.74, 6) is -2.84. The quantitative estimate of drug-likeness (QED) is 0.195. The van der Waals surface area contributed by atoms with Crippen LogP contribution in [0.15, 0.2) is 95.5 Å². The van der Waals surface area contributed by atoms with E-state index in [0.29, 0.717) is 64.6 Å². The lowest BCUT2D eigenvalue weighted by Gasteiger charge is -2.29. The number of pyridine rings is 1. The first-order chi connectivity index (χ1) is 22.3. The molecule has 210 valence electrons. The van der Waals surface area contributed by atoms with Crippen LogP contribution in [0.4, 0.5) is 8.78 Å².